The van der Waals surface area contributed by atoms with Crippen LogP contribution in [0.4, 0.5) is 0 Å². The molecule has 0 aliphatic carbocycles. The lowest BCUT2D eigenvalue weighted by Gasteiger charge is -2.37. The third-order valence-electron chi connectivity index (χ3n) is 23.0. The Kier molecular flexibility index (Phi) is 44.0. The lowest BCUT2D eigenvalue weighted by atomic mass is 9.94. The van der Waals surface area contributed by atoms with Crippen LogP contribution in [0, 0.1) is 17.8 Å². The van der Waals surface area contributed by atoms with Crippen molar-refractivity contribution in [2.75, 3.05) is 45.9 Å². The minimum absolute atomic E-state index is 0.0186. The van der Waals surface area contributed by atoms with Crippen molar-refractivity contribution in [3.05, 3.63) is 35.9 Å². The summed E-state index contributed by atoms with van der Waals surface area (Å²) in [6, 6.07) is -0.818. The van der Waals surface area contributed by atoms with Gasteiger partial charge in [0.15, 0.2) is 6.10 Å². The van der Waals surface area contributed by atoms with Crippen LogP contribution in [0.3, 0.4) is 0 Å². The SMILES string of the molecule is CC[C@@](C)(NC(=O)[C@H](CC(C)C)NC(=O)CCNC(=O)[C@H](O)C(C)(C)NC(=O)[C@H](C)NC(=O)[C@@H]1CCCN1C(=O)[C@@](C)(CC)NC(=O)[C@H](Cc1ccccc1)NC(=O)C(C)(C)NC(=O)C(C)(C)NC(=O)[C@H](C)NC(=O)[C@@H]1CCCN1C(=O)C(C)(C)NC(C)=O)C(=O)NCCC(=O)N[C@@H](CC(C)C)C(=O)NC(C)(C)C(=O)NC(C)(C)C(=O)N[C@@H](CC(C)C)C(=O)NCCC(=O)NCCO. The minimum atomic E-state index is -1.95. The van der Waals surface area contributed by atoms with Crippen molar-refractivity contribution in [1.82, 2.24) is 106 Å². The van der Waals surface area contributed by atoms with Gasteiger partial charge in [0.2, 0.25) is 112 Å². The summed E-state index contributed by atoms with van der Waals surface area (Å²) >= 11 is 0. The van der Waals surface area contributed by atoms with Gasteiger partial charge in [-0.1, -0.05) is 85.7 Å². The third-order valence-corrected chi connectivity index (χ3v) is 23.0. The molecule has 1 aromatic rings. The topological polar surface area (TPSA) is 605 Å². The maximum Gasteiger partial charge on any atom is 0.251 e. The van der Waals surface area contributed by atoms with E-state index in [1.54, 1.807) is 58.0 Å². The summed E-state index contributed by atoms with van der Waals surface area (Å²) in [7, 11) is 0. The highest BCUT2D eigenvalue weighted by atomic mass is 16.3. The van der Waals surface area contributed by atoms with Gasteiger partial charge in [0.25, 0.3) is 5.91 Å². The second kappa shape index (κ2) is 50.6. The Hall–Kier alpha value is -11.5. The molecular weight excluding hydrogens is 1730 g/mol. The number of amides is 20. The Morgan fingerprint density at radius 3 is 1.19 bits per heavy atom. The zero-order chi connectivity index (χ0) is 102. The highest BCUT2D eigenvalue weighted by Crippen LogP contribution is 2.27. The van der Waals surface area contributed by atoms with E-state index < -0.39 is 223 Å². The molecule has 11 atom stereocenters. The summed E-state index contributed by atoms with van der Waals surface area (Å²) in [6.07, 6.45) is -1.14. The van der Waals surface area contributed by atoms with Crippen LogP contribution in [0.25, 0.3) is 0 Å². The number of benzene rings is 1. The highest BCUT2D eigenvalue weighted by Gasteiger charge is 2.49. The maximum absolute atomic E-state index is 14.8. The van der Waals surface area contributed by atoms with Gasteiger partial charge in [-0.15, -0.1) is 0 Å². The van der Waals surface area contributed by atoms with Gasteiger partial charge >= 0.3 is 0 Å². The summed E-state index contributed by atoms with van der Waals surface area (Å²) in [5.41, 5.74) is -12.5. The fraction of sp³-hybridized carbons (Fsp3) is 0.714. The molecule has 0 saturated carbocycles. The fourth-order valence-electron chi connectivity index (χ4n) is 14.5. The summed E-state index contributed by atoms with van der Waals surface area (Å²) in [4.78, 5) is 276. The van der Waals surface area contributed by atoms with E-state index in [0.717, 1.165) is 0 Å². The molecule has 42 nitrogen and oxygen atoms in total. The van der Waals surface area contributed by atoms with Crippen molar-refractivity contribution in [3.8, 4) is 0 Å². The normalized spacial score (nSPS) is 16.7. The molecular formula is C91H152N20O22. The Morgan fingerprint density at radius 2 is 0.752 bits per heavy atom. The Balaban J connectivity index is 1.60. The van der Waals surface area contributed by atoms with Gasteiger partial charge in [0.1, 0.15) is 87.1 Å². The number of rotatable bonds is 52. The lowest BCUT2D eigenvalue weighted by Crippen LogP contribution is -2.66. The van der Waals surface area contributed by atoms with Crippen molar-refractivity contribution < 1.29 is 106 Å². The summed E-state index contributed by atoms with van der Waals surface area (Å²) in [5.74, 6) is -14.4. The number of likely N-dealkylation sites (tertiary alicyclic amines) is 2. The first-order chi connectivity index (χ1) is 61.4. The summed E-state index contributed by atoms with van der Waals surface area (Å²) < 4.78 is 0. The van der Waals surface area contributed by atoms with E-state index >= 15 is 0 Å². The van der Waals surface area contributed by atoms with Crippen LogP contribution >= 0.6 is 0 Å². The molecule has 0 bridgehead atoms. The second-order valence-electron chi connectivity index (χ2n) is 39.5. The monoisotopic (exact) mass is 1880 g/mol. The van der Waals surface area contributed by atoms with E-state index in [1.165, 1.54) is 128 Å². The number of carbonyl (C=O) groups excluding carboxylic acids is 20. The van der Waals surface area contributed by atoms with Gasteiger partial charge < -0.3 is 116 Å². The van der Waals surface area contributed by atoms with Crippen molar-refractivity contribution in [2.45, 2.75) is 355 Å². The van der Waals surface area contributed by atoms with Crippen molar-refractivity contribution in [1.29, 1.82) is 0 Å². The van der Waals surface area contributed by atoms with Crippen LogP contribution in [0.1, 0.15) is 256 Å². The van der Waals surface area contributed by atoms with Crippen LogP contribution in [-0.4, -0.2) is 283 Å². The van der Waals surface area contributed by atoms with Crippen molar-refractivity contribution in [2.24, 2.45) is 17.8 Å². The number of hydrogen-bond donors (Lipinski definition) is 20. The molecule has 42 heteroatoms. The number of aliphatic hydroxyl groups excluding tert-OH is 2. The van der Waals surface area contributed by atoms with E-state index in [9.17, 15) is 101 Å². The summed E-state index contributed by atoms with van der Waals surface area (Å²) in [5, 5.41) is 67.7. The summed E-state index contributed by atoms with van der Waals surface area (Å²) in [6.45, 7) is 37.3. The largest absolute Gasteiger partial charge is 0.395 e. The van der Waals surface area contributed by atoms with Gasteiger partial charge in [-0.3, -0.25) is 95.9 Å². The first-order valence-corrected chi connectivity index (χ1v) is 45.8. The number of carbonyl (C=O) groups is 20. The molecule has 0 unspecified atom stereocenters. The molecule has 0 radical (unpaired) electrons. The molecule has 20 N–H and O–H groups in total. The van der Waals surface area contributed by atoms with Crippen molar-refractivity contribution in [3.63, 3.8) is 0 Å². The minimum Gasteiger partial charge on any atom is -0.395 e. The molecule has 2 saturated heterocycles. The average molecular weight is 1880 g/mol. The fourth-order valence-corrected chi connectivity index (χ4v) is 14.5. The maximum atomic E-state index is 14.8. The number of nitrogens with zero attached hydrogens (tertiary/aromatic N) is 2. The zero-order valence-corrected chi connectivity index (χ0v) is 82.4. The predicted octanol–water partition coefficient (Wildman–Crippen LogP) is -1.76. The molecule has 0 spiro atoms. The van der Waals surface area contributed by atoms with Crippen LogP contribution in [0.15, 0.2) is 30.3 Å². The molecule has 2 aliphatic heterocycles. The molecule has 2 heterocycles. The molecule has 1 aromatic carbocycles. The Bertz CT molecular complexity index is 4320. The number of nitrogens with one attached hydrogen (secondary N) is 18. The van der Waals surface area contributed by atoms with Gasteiger partial charge in [0, 0.05) is 71.9 Å². The number of aliphatic hydroxyl groups is 2. The number of hydrogen-bond acceptors (Lipinski definition) is 22. The van der Waals surface area contributed by atoms with Crippen molar-refractivity contribution >= 4 is 118 Å². The molecule has 0 aromatic heterocycles. The molecule has 20 amide bonds. The predicted molar refractivity (Wildman–Crippen MR) is 493 cm³/mol. The van der Waals surface area contributed by atoms with Gasteiger partial charge in [-0.05, 0) is 192 Å². The average Bonchev–Trinajstić information content (AvgIpc) is 1.71. The Labute approximate surface area is 781 Å². The first kappa shape index (κ1) is 116. The Morgan fingerprint density at radius 1 is 0.376 bits per heavy atom. The molecule has 3 rings (SSSR count). The van der Waals surface area contributed by atoms with Crippen LogP contribution < -0.4 is 95.7 Å². The molecule has 748 valence electrons. The van der Waals surface area contributed by atoms with Crippen LogP contribution in [0.2, 0.25) is 0 Å². The van der Waals surface area contributed by atoms with Crippen LogP contribution in [0.5, 0.6) is 0 Å². The smallest absolute Gasteiger partial charge is 0.251 e. The van der Waals surface area contributed by atoms with Gasteiger partial charge in [-0.2, -0.15) is 0 Å². The highest BCUT2D eigenvalue weighted by molar-refractivity contribution is 6.03. The zero-order valence-electron chi connectivity index (χ0n) is 82.4. The van der Waals surface area contributed by atoms with Gasteiger partial charge in [-0.25, -0.2) is 0 Å². The van der Waals surface area contributed by atoms with Gasteiger partial charge in [0.05, 0.1) is 12.1 Å². The lowest BCUT2D eigenvalue weighted by molar-refractivity contribution is -0.146. The van der Waals surface area contributed by atoms with E-state index in [0.29, 0.717) is 24.8 Å². The molecule has 2 aliphatic rings. The van der Waals surface area contributed by atoms with E-state index in [4.69, 9.17) is 5.11 Å². The van der Waals surface area contributed by atoms with E-state index in [-0.39, 0.29) is 121 Å². The van der Waals surface area contributed by atoms with E-state index in [1.807, 2.05) is 27.7 Å². The quantitative estimate of drug-likeness (QED) is 0.0344. The van der Waals surface area contributed by atoms with E-state index in [2.05, 4.69) is 95.7 Å². The molecule has 2 fully saturated rings. The molecule has 133 heavy (non-hydrogen) atoms. The van der Waals surface area contributed by atoms with Crippen LogP contribution in [-0.2, 0) is 102 Å². The second-order valence-corrected chi connectivity index (χ2v) is 39.5. The first-order valence-electron chi connectivity index (χ1n) is 45.8. The third kappa shape index (κ3) is 36.1. The standard InChI is InChI=1S/C91H152N20O22/c1-26-90(24,81(131)95-42-39-66(116)98-59(48-52(5)6)71(121)105-88(20,21)80(130)109-85(14,15)77(127)100-58(47-51(3)4)70(120)93-40-37-64(114)92-43-46-112)106-72(122)60(49-53(7)8)99-65(115)38-41-94-76(126)67(117)84(12,13)103-68(118)54(9)96-75(125)63-36-32-45-111(63)83(133)91(25,27-2)107-73(123)61(50-57-33-29-28-30-34-57)101-78(128)86(16,17)108-79(129)87(18,19)104-69(119)55(10)97-74(124)62-35-31-44-110(62)82(132)89(22,23)102-56(11)113/h28-30,33-34,51-55,58-63,67,112,117H,26-27,31-32,35-50H2,1-25H3,(H,92,114)(H,93,120)(H,94,126)(H,95,131)(H,96,125)(H,97,124)(H,98,116)(H,99,115)(H,100,127)(H,101,128)(H,102,113)(H,103,118)(H,104,119)(H,105,121)(H,106,122)(H,107,123)(H,108,129)(H,109,130)/t54-,55-,58-,59-,60-,61-,62-,63-,67-,90+,91+/m0/s1.